The minimum absolute atomic E-state index is 0.615. The minimum Gasteiger partial charge on any atom is -0.393 e. The highest BCUT2D eigenvalue weighted by molar-refractivity contribution is 8.00. The Balaban J connectivity index is 2.86. The van der Waals surface area contributed by atoms with Crippen molar-refractivity contribution >= 4 is 11.8 Å². The average molecular weight is 280 g/mol. The van der Waals surface area contributed by atoms with Crippen molar-refractivity contribution in [2.75, 3.05) is 6.61 Å². The summed E-state index contributed by atoms with van der Waals surface area (Å²) in [6, 6.07) is 6.93. The van der Waals surface area contributed by atoms with E-state index in [0.717, 1.165) is 17.3 Å². The van der Waals surface area contributed by atoms with E-state index in [4.69, 9.17) is 5.11 Å². The third kappa shape index (κ3) is 3.18. The highest BCUT2D eigenvalue weighted by Gasteiger charge is 2.57. The molecule has 0 saturated heterocycles. The van der Waals surface area contributed by atoms with Gasteiger partial charge < -0.3 is 10.2 Å². The molecule has 2 atom stereocenters. The van der Waals surface area contributed by atoms with Crippen molar-refractivity contribution in [3.05, 3.63) is 29.8 Å². The van der Waals surface area contributed by atoms with Crippen LogP contribution in [0, 0.1) is 6.92 Å². The van der Waals surface area contributed by atoms with Crippen molar-refractivity contribution in [2.24, 2.45) is 0 Å². The van der Waals surface area contributed by atoms with Crippen molar-refractivity contribution in [3.8, 4) is 0 Å². The number of hydrogen-bond donors (Lipinski definition) is 2. The fourth-order valence-corrected chi connectivity index (χ4v) is 2.47. The van der Waals surface area contributed by atoms with Crippen molar-refractivity contribution < 1.29 is 23.4 Å². The summed E-state index contributed by atoms with van der Waals surface area (Å²) < 4.78 is 38.1. The first kappa shape index (κ1) is 15.3. The van der Waals surface area contributed by atoms with Gasteiger partial charge in [-0.3, -0.25) is 0 Å². The molecular formula is C12H15F3O2S. The Morgan fingerprint density at radius 2 is 1.72 bits per heavy atom. The zero-order chi connectivity index (χ0) is 14.0. The Kier molecular flexibility index (Phi) is 4.69. The van der Waals surface area contributed by atoms with Gasteiger partial charge in [0.05, 0.1) is 6.61 Å². The number of rotatable bonds is 4. The van der Waals surface area contributed by atoms with Crippen LogP contribution in [0.15, 0.2) is 29.2 Å². The number of hydrogen-bond acceptors (Lipinski definition) is 3. The molecule has 102 valence electrons. The van der Waals surface area contributed by atoms with E-state index in [1.54, 1.807) is 24.3 Å². The zero-order valence-corrected chi connectivity index (χ0v) is 10.8. The third-order valence-corrected chi connectivity index (χ3v) is 4.03. The predicted molar refractivity (Wildman–Crippen MR) is 64.6 cm³/mol. The molecule has 0 bridgehead atoms. The van der Waals surface area contributed by atoms with Crippen LogP contribution in [-0.2, 0) is 0 Å². The summed E-state index contributed by atoms with van der Waals surface area (Å²) in [4.78, 5) is 0.615. The lowest BCUT2D eigenvalue weighted by molar-refractivity contribution is -0.269. The van der Waals surface area contributed by atoms with Crippen molar-refractivity contribution in [3.63, 3.8) is 0 Å². The standard InChI is InChI=1S/C12H15F3O2S/c1-8-3-5-10(6-4-8)18-9(2)11(17,7-16)12(13,14)15/h3-6,9,16-17H,7H2,1-2H3/t9-,11+/m0/s1. The Labute approximate surface area is 108 Å². The van der Waals surface area contributed by atoms with Gasteiger partial charge in [-0.15, -0.1) is 11.8 Å². The Morgan fingerprint density at radius 1 is 1.22 bits per heavy atom. The molecule has 1 aromatic rings. The third-order valence-electron chi connectivity index (χ3n) is 2.74. The van der Waals surface area contributed by atoms with Crippen LogP contribution >= 0.6 is 11.8 Å². The van der Waals surface area contributed by atoms with Gasteiger partial charge in [0.1, 0.15) is 0 Å². The maximum Gasteiger partial charge on any atom is 0.420 e. The van der Waals surface area contributed by atoms with Gasteiger partial charge in [0, 0.05) is 10.1 Å². The van der Waals surface area contributed by atoms with Crippen LogP contribution in [0.5, 0.6) is 0 Å². The molecule has 1 rings (SSSR count). The van der Waals surface area contributed by atoms with Gasteiger partial charge in [-0.05, 0) is 26.0 Å². The second kappa shape index (κ2) is 5.50. The fourth-order valence-electron chi connectivity index (χ4n) is 1.37. The topological polar surface area (TPSA) is 40.5 Å². The maximum absolute atomic E-state index is 12.7. The normalized spacial score (nSPS) is 17.3. The number of aliphatic hydroxyl groups is 2. The highest BCUT2D eigenvalue weighted by atomic mass is 32.2. The Bertz CT molecular complexity index is 391. The SMILES string of the molecule is Cc1ccc(S[C@@H](C)[C@](O)(CO)C(F)(F)F)cc1. The van der Waals surface area contributed by atoms with Gasteiger partial charge in [0.25, 0.3) is 0 Å². The summed E-state index contributed by atoms with van der Waals surface area (Å²) in [5.74, 6) is 0. The van der Waals surface area contributed by atoms with Crippen molar-refractivity contribution in [1.29, 1.82) is 0 Å². The first-order chi connectivity index (χ1) is 8.20. The lowest BCUT2D eigenvalue weighted by Gasteiger charge is -2.33. The minimum atomic E-state index is -4.86. The molecule has 2 N–H and O–H groups in total. The molecule has 18 heavy (non-hydrogen) atoms. The number of benzene rings is 1. The molecular weight excluding hydrogens is 265 g/mol. The molecule has 0 unspecified atom stereocenters. The highest BCUT2D eigenvalue weighted by Crippen LogP contribution is 2.40. The first-order valence-corrected chi connectivity index (χ1v) is 6.22. The molecule has 0 spiro atoms. The quantitative estimate of drug-likeness (QED) is 0.833. The van der Waals surface area contributed by atoms with Crippen LogP contribution in [-0.4, -0.2) is 33.8 Å². The zero-order valence-electron chi connectivity index (χ0n) is 10.0. The van der Waals surface area contributed by atoms with Gasteiger partial charge in [0.15, 0.2) is 5.60 Å². The molecule has 0 aliphatic rings. The van der Waals surface area contributed by atoms with Crippen molar-refractivity contribution in [1.82, 2.24) is 0 Å². The summed E-state index contributed by atoms with van der Waals surface area (Å²) >= 11 is 0.881. The number of thioether (sulfide) groups is 1. The molecule has 0 fully saturated rings. The number of halogens is 3. The van der Waals surface area contributed by atoms with Gasteiger partial charge in [-0.25, -0.2) is 0 Å². The van der Waals surface area contributed by atoms with E-state index in [9.17, 15) is 18.3 Å². The second-order valence-corrected chi connectivity index (χ2v) is 5.57. The van der Waals surface area contributed by atoms with Crippen LogP contribution in [0.4, 0.5) is 13.2 Å². The van der Waals surface area contributed by atoms with E-state index in [-0.39, 0.29) is 0 Å². The molecule has 2 nitrogen and oxygen atoms in total. The van der Waals surface area contributed by atoms with Crippen LogP contribution in [0.3, 0.4) is 0 Å². The van der Waals surface area contributed by atoms with Crippen LogP contribution in [0.2, 0.25) is 0 Å². The monoisotopic (exact) mass is 280 g/mol. The predicted octanol–water partition coefficient (Wildman–Crippen LogP) is 2.76. The Morgan fingerprint density at radius 3 is 2.11 bits per heavy atom. The fraction of sp³-hybridized carbons (Fsp3) is 0.500. The number of aryl methyl sites for hydroxylation is 1. The average Bonchev–Trinajstić information content (AvgIpc) is 2.29. The van der Waals surface area contributed by atoms with E-state index >= 15 is 0 Å². The first-order valence-electron chi connectivity index (χ1n) is 5.34. The number of alkyl halides is 3. The lowest BCUT2D eigenvalue weighted by Crippen LogP contribution is -2.55. The van der Waals surface area contributed by atoms with Crippen LogP contribution in [0.1, 0.15) is 12.5 Å². The van der Waals surface area contributed by atoms with Gasteiger partial charge in [-0.1, -0.05) is 17.7 Å². The Hall–Kier alpha value is -0.720. The van der Waals surface area contributed by atoms with E-state index in [1.165, 1.54) is 6.92 Å². The van der Waals surface area contributed by atoms with Crippen LogP contribution in [0.25, 0.3) is 0 Å². The molecule has 0 aliphatic heterocycles. The summed E-state index contributed by atoms with van der Waals surface area (Å²) in [6.07, 6.45) is -4.86. The van der Waals surface area contributed by atoms with Crippen LogP contribution < -0.4 is 0 Å². The summed E-state index contributed by atoms with van der Waals surface area (Å²) in [7, 11) is 0. The molecule has 0 aromatic heterocycles. The van der Waals surface area contributed by atoms with E-state index in [0.29, 0.717) is 4.90 Å². The van der Waals surface area contributed by atoms with E-state index in [2.05, 4.69) is 0 Å². The largest absolute Gasteiger partial charge is 0.420 e. The van der Waals surface area contributed by atoms with E-state index < -0.39 is 23.6 Å². The van der Waals surface area contributed by atoms with Gasteiger partial charge in [0.2, 0.25) is 0 Å². The molecule has 0 radical (unpaired) electrons. The van der Waals surface area contributed by atoms with Gasteiger partial charge >= 0.3 is 6.18 Å². The lowest BCUT2D eigenvalue weighted by atomic mass is 10.0. The van der Waals surface area contributed by atoms with Gasteiger partial charge in [-0.2, -0.15) is 13.2 Å². The molecule has 0 amide bonds. The molecule has 6 heteroatoms. The summed E-state index contributed by atoms with van der Waals surface area (Å²) in [5.41, 5.74) is -2.09. The summed E-state index contributed by atoms with van der Waals surface area (Å²) in [5, 5.41) is 17.2. The van der Waals surface area contributed by atoms with E-state index in [1.807, 2.05) is 6.92 Å². The maximum atomic E-state index is 12.7. The van der Waals surface area contributed by atoms with Crippen molar-refractivity contribution in [2.45, 2.75) is 35.8 Å². The molecule has 0 heterocycles. The number of aliphatic hydroxyl groups excluding tert-OH is 1. The smallest absolute Gasteiger partial charge is 0.393 e. The molecule has 0 aliphatic carbocycles. The molecule has 1 aromatic carbocycles. The molecule has 0 saturated carbocycles. The second-order valence-electron chi connectivity index (χ2n) is 4.15. The summed E-state index contributed by atoms with van der Waals surface area (Å²) in [6.45, 7) is 1.77.